The van der Waals surface area contributed by atoms with E-state index in [1.165, 1.54) is 76.6 Å². The first-order valence-electron chi connectivity index (χ1n) is 13.4. The first-order valence-corrected chi connectivity index (χ1v) is 13.4. The molecule has 4 aliphatic carbocycles. The molecule has 1 N–H and O–H groups in total. The van der Waals surface area contributed by atoms with Crippen LogP contribution in [-0.2, 0) is 4.79 Å². The molecule has 8 atom stereocenters. The van der Waals surface area contributed by atoms with E-state index in [-0.39, 0.29) is 22.9 Å². The highest BCUT2D eigenvalue weighted by atomic mass is 16.2. The number of hydrogen-bond acceptors (Lipinski definition) is 4. The van der Waals surface area contributed by atoms with Gasteiger partial charge in [-0.25, -0.2) is 9.97 Å². The zero-order valence-electron chi connectivity index (χ0n) is 20.6. The second-order valence-electron chi connectivity index (χ2n) is 12.1. The molecule has 0 radical (unpaired) electrons. The van der Waals surface area contributed by atoms with Crippen LogP contribution in [0.15, 0.2) is 12.4 Å². The lowest BCUT2D eigenvalue weighted by molar-refractivity contribution is -0.134. The summed E-state index contributed by atoms with van der Waals surface area (Å²) in [7, 11) is 0. The van der Waals surface area contributed by atoms with Crippen LogP contribution in [0.3, 0.4) is 0 Å². The normalized spacial score (nSPS) is 41.9. The van der Waals surface area contributed by atoms with Gasteiger partial charge in [0.1, 0.15) is 6.07 Å². The minimum absolute atomic E-state index is 0.0479. The van der Waals surface area contributed by atoms with Crippen LogP contribution in [0.4, 0.5) is 5.82 Å². The maximum atomic E-state index is 13.3. The van der Waals surface area contributed by atoms with Crippen LogP contribution in [0.1, 0.15) is 97.1 Å². The number of carbonyl (C=O) groups is 1. The molecule has 5 heteroatoms. The number of nitriles is 1. The van der Waals surface area contributed by atoms with Crippen molar-refractivity contribution in [1.29, 1.82) is 5.26 Å². The number of hydrogen-bond donors (Lipinski definition) is 1. The van der Waals surface area contributed by atoms with E-state index in [1.54, 1.807) is 0 Å². The molecule has 1 heterocycles. The van der Waals surface area contributed by atoms with Crippen LogP contribution < -0.4 is 5.32 Å². The Bertz CT molecular complexity index is 923. The van der Waals surface area contributed by atoms with Crippen LogP contribution in [-0.4, -0.2) is 15.9 Å². The Hall–Kier alpha value is -1.96. The largest absolute Gasteiger partial charge is 0.309 e. The number of aromatic nitrogens is 2. The van der Waals surface area contributed by atoms with E-state index in [4.69, 9.17) is 5.26 Å². The first-order chi connectivity index (χ1) is 15.9. The molecule has 0 saturated heterocycles. The topological polar surface area (TPSA) is 78.7 Å². The average molecular weight is 449 g/mol. The fourth-order valence-electron chi connectivity index (χ4n) is 9.11. The minimum Gasteiger partial charge on any atom is -0.309 e. The second-order valence-corrected chi connectivity index (χ2v) is 12.1. The fraction of sp³-hybridized carbons (Fsp3) is 0.786. The third-order valence-electron chi connectivity index (χ3n) is 10.8. The van der Waals surface area contributed by atoms with Crippen molar-refractivity contribution in [2.45, 2.75) is 91.4 Å². The monoisotopic (exact) mass is 448 g/mol. The molecule has 178 valence electrons. The van der Waals surface area contributed by atoms with Crippen LogP contribution in [0.5, 0.6) is 0 Å². The summed E-state index contributed by atoms with van der Waals surface area (Å²) in [5, 5.41) is 11.9. The summed E-state index contributed by atoms with van der Waals surface area (Å²) in [6.07, 6.45) is 17.4. The van der Waals surface area contributed by atoms with Gasteiger partial charge in [0.25, 0.3) is 0 Å². The fourth-order valence-corrected chi connectivity index (χ4v) is 9.11. The van der Waals surface area contributed by atoms with Gasteiger partial charge >= 0.3 is 0 Å². The van der Waals surface area contributed by atoms with E-state index in [2.05, 4.69) is 36.1 Å². The highest BCUT2D eigenvalue weighted by Crippen LogP contribution is 2.68. The molecule has 5 rings (SSSR count). The highest BCUT2D eigenvalue weighted by molar-refractivity contribution is 5.92. The van der Waals surface area contributed by atoms with Gasteiger partial charge in [0, 0.05) is 5.92 Å². The Kier molecular flexibility index (Phi) is 6.00. The molecule has 1 aromatic heterocycles. The van der Waals surface area contributed by atoms with Crippen molar-refractivity contribution in [3.63, 3.8) is 0 Å². The summed E-state index contributed by atoms with van der Waals surface area (Å²) in [5.74, 6) is 4.79. The Labute approximate surface area is 199 Å². The molecule has 8 unspecified atom stereocenters. The van der Waals surface area contributed by atoms with Crippen molar-refractivity contribution in [1.82, 2.24) is 9.97 Å². The molecule has 0 spiro atoms. The van der Waals surface area contributed by atoms with Crippen molar-refractivity contribution >= 4 is 11.7 Å². The number of nitrogens with one attached hydrogen (secondary N) is 1. The minimum atomic E-state index is 0.0479. The lowest BCUT2D eigenvalue weighted by Crippen LogP contribution is -2.54. The number of carbonyl (C=O) groups excluding carboxylic acids is 1. The predicted molar refractivity (Wildman–Crippen MR) is 129 cm³/mol. The molecule has 4 saturated carbocycles. The molecule has 1 amide bonds. The Morgan fingerprint density at radius 1 is 1.06 bits per heavy atom. The maximum Gasteiger partial charge on any atom is 0.229 e. The van der Waals surface area contributed by atoms with Crippen molar-refractivity contribution in [3.05, 3.63) is 18.1 Å². The number of nitrogens with zero attached hydrogens (tertiary/aromatic N) is 3. The van der Waals surface area contributed by atoms with Gasteiger partial charge in [0.15, 0.2) is 11.5 Å². The van der Waals surface area contributed by atoms with E-state index in [0.29, 0.717) is 17.2 Å². The average Bonchev–Trinajstić information content (AvgIpc) is 3.17. The summed E-state index contributed by atoms with van der Waals surface area (Å²) in [6, 6.07) is 1.98. The summed E-state index contributed by atoms with van der Waals surface area (Å²) in [5.41, 5.74) is 0.882. The van der Waals surface area contributed by atoms with Crippen LogP contribution in [0.2, 0.25) is 0 Å². The van der Waals surface area contributed by atoms with Crippen molar-refractivity contribution in [3.8, 4) is 6.07 Å². The molecule has 4 fully saturated rings. The zero-order valence-corrected chi connectivity index (χ0v) is 20.6. The third-order valence-corrected chi connectivity index (χ3v) is 10.8. The van der Waals surface area contributed by atoms with Gasteiger partial charge in [-0.05, 0) is 98.2 Å². The van der Waals surface area contributed by atoms with Crippen LogP contribution in [0, 0.1) is 57.7 Å². The number of rotatable bonds is 4. The number of fused-ring (bicyclic) bond motifs is 5. The molecule has 4 aliphatic rings. The van der Waals surface area contributed by atoms with Gasteiger partial charge in [0.2, 0.25) is 5.91 Å². The molecule has 33 heavy (non-hydrogen) atoms. The highest BCUT2D eigenvalue weighted by Gasteiger charge is 2.61. The van der Waals surface area contributed by atoms with Gasteiger partial charge < -0.3 is 5.32 Å². The molecular weight excluding hydrogens is 408 g/mol. The lowest BCUT2D eigenvalue weighted by Gasteiger charge is -2.61. The summed E-state index contributed by atoms with van der Waals surface area (Å²) < 4.78 is 0. The molecule has 1 aromatic rings. The van der Waals surface area contributed by atoms with Gasteiger partial charge in [-0.2, -0.15) is 5.26 Å². The SMILES string of the molecule is CCCC1CCC2(C)C(CCC3C2CCC2(C)C(C(=O)Nc4cnc(C#N)cn4)CCC32)C1. The zero-order chi connectivity index (χ0) is 23.2. The van der Waals surface area contributed by atoms with E-state index >= 15 is 0 Å². The molecule has 0 bridgehead atoms. The van der Waals surface area contributed by atoms with Gasteiger partial charge in [-0.3, -0.25) is 4.79 Å². The van der Waals surface area contributed by atoms with E-state index in [9.17, 15) is 4.79 Å². The number of amides is 1. The molecule has 0 aromatic carbocycles. The third kappa shape index (κ3) is 3.78. The predicted octanol–water partition coefficient (Wildman–Crippen LogP) is 6.36. The van der Waals surface area contributed by atoms with Crippen LogP contribution in [0.25, 0.3) is 0 Å². The molecule has 0 aliphatic heterocycles. The Balaban J connectivity index is 1.30. The number of anilines is 1. The van der Waals surface area contributed by atoms with Crippen molar-refractivity contribution in [2.24, 2.45) is 46.3 Å². The van der Waals surface area contributed by atoms with Crippen LogP contribution >= 0.6 is 0 Å². The summed E-state index contributed by atoms with van der Waals surface area (Å²) >= 11 is 0. The van der Waals surface area contributed by atoms with Crippen molar-refractivity contribution < 1.29 is 4.79 Å². The second kappa shape index (κ2) is 8.67. The maximum absolute atomic E-state index is 13.3. The lowest BCUT2D eigenvalue weighted by atomic mass is 9.44. The summed E-state index contributed by atoms with van der Waals surface area (Å²) in [6.45, 7) is 7.39. The quantitative estimate of drug-likeness (QED) is 0.581. The standard InChI is InChI=1S/C28H40N4O/c1-4-5-18-10-12-27(2)19(14-18)6-7-21-22-8-9-24(28(22,3)13-11-23(21)27)26(33)32-25-17-30-20(15-29)16-31-25/h16-19,21-24H,4-14H2,1-3H3,(H,31,32,33). The van der Waals surface area contributed by atoms with E-state index in [1.807, 2.05) is 6.07 Å². The summed E-state index contributed by atoms with van der Waals surface area (Å²) in [4.78, 5) is 21.6. The first kappa shape index (κ1) is 22.8. The molecule has 5 nitrogen and oxygen atoms in total. The van der Waals surface area contributed by atoms with Crippen molar-refractivity contribution in [2.75, 3.05) is 5.32 Å². The smallest absolute Gasteiger partial charge is 0.229 e. The van der Waals surface area contributed by atoms with Gasteiger partial charge in [-0.1, -0.05) is 33.6 Å². The van der Waals surface area contributed by atoms with Gasteiger partial charge in [0.05, 0.1) is 12.4 Å². The van der Waals surface area contributed by atoms with Gasteiger partial charge in [-0.15, -0.1) is 0 Å². The molecular formula is C28H40N4O. The van der Waals surface area contributed by atoms with E-state index in [0.717, 1.165) is 30.1 Å². The van der Waals surface area contributed by atoms with E-state index < -0.39 is 0 Å². The Morgan fingerprint density at radius 3 is 2.58 bits per heavy atom. The Morgan fingerprint density at radius 2 is 1.85 bits per heavy atom.